The molecular formula is C23H30N4O4. The van der Waals surface area contributed by atoms with Crippen LogP contribution in [0.25, 0.3) is 10.9 Å². The van der Waals surface area contributed by atoms with Crippen LogP contribution in [-0.2, 0) is 17.8 Å². The lowest BCUT2D eigenvalue weighted by molar-refractivity contribution is 0.199. The zero-order chi connectivity index (χ0) is 22.4. The standard InChI is InChI=1S/C23H30N4O4/c1-15-20-18(12-19(30-4)21(15)31-5)25-23(26-22(20)28)27(2)14-17-8-6-16(7-9-17)13-24-10-11-29-3/h6-9,12,24H,10-11,13-14H2,1-5H3,(H,25,26,28). The smallest absolute Gasteiger partial charge is 0.260 e. The average Bonchev–Trinajstić information content (AvgIpc) is 2.77. The molecule has 3 rings (SSSR count). The molecule has 8 nitrogen and oxygen atoms in total. The van der Waals surface area contributed by atoms with Gasteiger partial charge in [0, 0.05) is 45.4 Å². The van der Waals surface area contributed by atoms with Crippen molar-refractivity contribution in [2.24, 2.45) is 0 Å². The fourth-order valence-electron chi connectivity index (χ4n) is 3.54. The van der Waals surface area contributed by atoms with E-state index >= 15 is 0 Å². The summed E-state index contributed by atoms with van der Waals surface area (Å²) in [7, 11) is 6.72. The normalized spacial score (nSPS) is 11.0. The first-order valence-electron chi connectivity index (χ1n) is 10.1. The first kappa shape index (κ1) is 22.6. The number of H-pyrrole nitrogens is 1. The zero-order valence-electron chi connectivity index (χ0n) is 18.7. The van der Waals surface area contributed by atoms with Crippen LogP contribution >= 0.6 is 0 Å². The van der Waals surface area contributed by atoms with Crippen LogP contribution in [0.5, 0.6) is 11.5 Å². The quantitative estimate of drug-likeness (QED) is 0.482. The van der Waals surface area contributed by atoms with Gasteiger partial charge in [0.15, 0.2) is 11.5 Å². The maximum absolute atomic E-state index is 12.8. The van der Waals surface area contributed by atoms with E-state index in [-0.39, 0.29) is 5.56 Å². The fourth-order valence-corrected chi connectivity index (χ4v) is 3.54. The van der Waals surface area contributed by atoms with E-state index in [2.05, 4.69) is 39.6 Å². The summed E-state index contributed by atoms with van der Waals surface area (Å²) in [6.45, 7) is 4.74. The Balaban J connectivity index is 1.79. The van der Waals surface area contributed by atoms with Gasteiger partial charge in [0.1, 0.15) is 0 Å². The van der Waals surface area contributed by atoms with Gasteiger partial charge in [-0.3, -0.25) is 9.78 Å². The Labute approximate surface area is 182 Å². The lowest BCUT2D eigenvalue weighted by Crippen LogP contribution is -2.23. The molecule has 8 heteroatoms. The molecule has 0 aliphatic heterocycles. The Morgan fingerprint density at radius 2 is 1.81 bits per heavy atom. The van der Waals surface area contributed by atoms with Crippen molar-refractivity contribution in [2.75, 3.05) is 46.4 Å². The number of anilines is 1. The minimum absolute atomic E-state index is 0.206. The van der Waals surface area contributed by atoms with Gasteiger partial charge in [-0.05, 0) is 18.1 Å². The minimum atomic E-state index is -0.206. The number of aromatic amines is 1. The Bertz CT molecular complexity index is 1080. The predicted molar refractivity (Wildman–Crippen MR) is 122 cm³/mol. The van der Waals surface area contributed by atoms with Gasteiger partial charge in [-0.1, -0.05) is 24.3 Å². The highest BCUT2D eigenvalue weighted by molar-refractivity contribution is 5.86. The largest absolute Gasteiger partial charge is 0.493 e. The van der Waals surface area contributed by atoms with E-state index in [1.807, 2.05) is 18.9 Å². The third-order valence-electron chi connectivity index (χ3n) is 5.18. The van der Waals surface area contributed by atoms with Crippen LogP contribution in [0.3, 0.4) is 0 Å². The van der Waals surface area contributed by atoms with Gasteiger partial charge in [0.05, 0.1) is 31.7 Å². The lowest BCUT2D eigenvalue weighted by atomic mass is 10.1. The van der Waals surface area contributed by atoms with Crippen LogP contribution in [0, 0.1) is 6.92 Å². The molecule has 0 fully saturated rings. The maximum Gasteiger partial charge on any atom is 0.260 e. The summed E-state index contributed by atoms with van der Waals surface area (Å²) in [5, 5.41) is 3.83. The van der Waals surface area contributed by atoms with E-state index in [0.717, 1.165) is 18.7 Å². The molecule has 1 heterocycles. The van der Waals surface area contributed by atoms with Crippen LogP contribution < -0.4 is 25.2 Å². The highest BCUT2D eigenvalue weighted by atomic mass is 16.5. The molecule has 0 saturated carbocycles. The maximum atomic E-state index is 12.8. The minimum Gasteiger partial charge on any atom is -0.493 e. The highest BCUT2D eigenvalue weighted by Crippen LogP contribution is 2.35. The second-order valence-corrected chi connectivity index (χ2v) is 7.36. The van der Waals surface area contributed by atoms with Crippen molar-refractivity contribution in [3.8, 4) is 11.5 Å². The molecule has 0 saturated heterocycles. The number of methoxy groups -OCH3 is 3. The number of fused-ring (bicyclic) bond motifs is 1. The van der Waals surface area contributed by atoms with E-state index in [1.165, 1.54) is 5.56 Å². The van der Waals surface area contributed by atoms with Crippen LogP contribution in [0.1, 0.15) is 16.7 Å². The van der Waals surface area contributed by atoms with Crippen molar-refractivity contribution in [1.29, 1.82) is 0 Å². The van der Waals surface area contributed by atoms with Crippen LogP contribution in [-0.4, -0.2) is 51.5 Å². The van der Waals surface area contributed by atoms with Crippen molar-refractivity contribution in [1.82, 2.24) is 15.3 Å². The highest BCUT2D eigenvalue weighted by Gasteiger charge is 2.17. The first-order chi connectivity index (χ1) is 15.0. The van der Waals surface area contributed by atoms with E-state index < -0.39 is 0 Å². The van der Waals surface area contributed by atoms with Gasteiger partial charge >= 0.3 is 0 Å². The molecule has 0 radical (unpaired) electrons. The molecular weight excluding hydrogens is 396 g/mol. The third kappa shape index (κ3) is 5.15. The molecule has 0 amide bonds. The first-order valence-corrected chi connectivity index (χ1v) is 10.1. The monoisotopic (exact) mass is 426 g/mol. The fraction of sp³-hybridized carbons (Fsp3) is 0.391. The summed E-state index contributed by atoms with van der Waals surface area (Å²) >= 11 is 0. The van der Waals surface area contributed by atoms with Crippen LogP contribution in [0.4, 0.5) is 5.95 Å². The number of ether oxygens (including phenoxy) is 3. The van der Waals surface area contributed by atoms with Crippen LogP contribution in [0.2, 0.25) is 0 Å². The molecule has 31 heavy (non-hydrogen) atoms. The molecule has 166 valence electrons. The van der Waals surface area contributed by atoms with Crippen molar-refractivity contribution >= 4 is 16.9 Å². The van der Waals surface area contributed by atoms with E-state index in [9.17, 15) is 4.79 Å². The molecule has 2 aromatic carbocycles. The number of nitrogens with one attached hydrogen (secondary N) is 2. The lowest BCUT2D eigenvalue weighted by Gasteiger charge is -2.19. The molecule has 0 aliphatic carbocycles. The molecule has 0 bridgehead atoms. The number of hydrogen-bond acceptors (Lipinski definition) is 7. The summed E-state index contributed by atoms with van der Waals surface area (Å²) in [5.41, 5.74) is 3.39. The molecule has 1 aromatic heterocycles. The number of hydrogen-bond donors (Lipinski definition) is 2. The van der Waals surface area contributed by atoms with Gasteiger partial charge in [-0.15, -0.1) is 0 Å². The molecule has 0 spiro atoms. The number of aryl methyl sites for hydroxylation is 1. The summed E-state index contributed by atoms with van der Waals surface area (Å²) in [5.74, 6) is 1.59. The predicted octanol–water partition coefficient (Wildman–Crippen LogP) is 2.62. The molecule has 0 aliphatic rings. The van der Waals surface area contributed by atoms with Crippen molar-refractivity contribution in [3.63, 3.8) is 0 Å². The zero-order valence-corrected chi connectivity index (χ0v) is 18.7. The number of aromatic nitrogens is 2. The number of rotatable bonds is 10. The van der Waals surface area contributed by atoms with Crippen molar-refractivity contribution < 1.29 is 14.2 Å². The summed E-state index contributed by atoms with van der Waals surface area (Å²) in [6.07, 6.45) is 0. The van der Waals surface area contributed by atoms with Crippen LogP contribution in [0.15, 0.2) is 35.1 Å². The molecule has 3 aromatic rings. The second kappa shape index (κ2) is 10.3. The van der Waals surface area contributed by atoms with Gasteiger partial charge in [-0.25, -0.2) is 4.98 Å². The van der Waals surface area contributed by atoms with E-state index in [0.29, 0.717) is 47.1 Å². The summed E-state index contributed by atoms with van der Waals surface area (Å²) in [6, 6.07) is 10.1. The Hall–Kier alpha value is -3.10. The van der Waals surface area contributed by atoms with E-state index in [4.69, 9.17) is 14.2 Å². The average molecular weight is 427 g/mol. The number of nitrogens with zero attached hydrogens (tertiary/aromatic N) is 2. The Morgan fingerprint density at radius 1 is 1.10 bits per heavy atom. The van der Waals surface area contributed by atoms with Crippen molar-refractivity contribution in [3.05, 3.63) is 57.4 Å². The second-order valence-electron chi connectivity index (χ2n) is 7.36. The topological polar surface area (TPSA) is 88.7 Å². The summed E-state index contributed by atoms with van der Waals surface area (Å²) in [4.78, 5) is 22.3. The number of benzene rings is 2. The van der Waals surface area contributed by atoms with E-state index in [1.54, 1.807) is 27.4 Å². The molecule has 0 atom stereocenters. The van der Waals surface area contributed by atoms with Crippen molar-refractivity contribution in [2.45, 2.75) is 20.0 Å². The Morgan fingerprint density at radius 3 is 2.45 bits per heavy atom. The van der Waals surface area contributed by atoms with Gasteiger partial charge in [0.2, 0.25) is 5.95 Å². The van der Waals surface area contributed by atoms with Gasteiger partial charge in [-0.2, -0.15) is 0 Å². The van der Waals surface area contributed by atoms with Gasteiger partial charge in [0.25, 0.3) is 5.56 Å². The Kier molecular flexibility index (Phi) is 7.49. The van der Waals surface area contributed by atoms with Gasteiger partial charge < -0.3 is 24.4 Å². The summed E-state index contributed by atoms with van der Waals surface area (Å²) < 4.78 is 15.9. The SMILES string of the molecule is COCCNCc1ccc(CN(C)c2nc3cc(OC)c(OC)c(C)c3c(=O)[nH]2)cc1. The molecule has 0 unspecified atom stereocenters. The molecule has 2 N–H and O–H groups in total. The third-order valence-corrected chi connectivity index (χ3v) is 5.18.